The van der Waals surface area contributed by atoms with Gasteiger partial charge in [0, 0.05) is 19.2 Å². The predicted molar refractivity (Wildman–Crippen MR) is 85.7 cm³/mol. The Bertz CT molecular complexity index is 614. The molecule has 2 rings (SSSR count). The molecule has 0 bridgehead atoms. The molecule has 0 aliphatic heterocycles. The molecule has 6 heteroatoms. The average molecular weight is 310 g/mol. The van der Waals surface area contributed by atoms with Crippen LogP contribution in [0.2, 0.25) is 5.15 Å². The fourth-order valence-corrected chi connectivity index (χ4v) is 2.91. The van der Waals surface area contributed by atoms with E-state index in [-0.39, 0.29) is 6.04 Å². The van der Waals surface area contributed by atoms with Gasteiger partial charge in [-0.2, -0.15) is 10.2 Å². The number of aryl methyl sites for hydroxylation is 4. The van der Waals surface area contributed by atoms with Gasteiger partial charge in [0.1, 0.15) is 5.15 Å². The van der Waals surface area contributed by atoms with Crippen molar-refractivity contribution < 1.29 is 0 Å². The Balaban J connectivity index is 2.34. The normalized spacial score (nSPS) is 12.9. The number of rotatable bonds is 6. The van der Waals surface area contributed by atoms with E-state index in [4.69, 9.17) is 11.6 Å². The van der Waals surface area contributed by atoms with Crippen LogP contribution in [0.25, 0.3) is 0 Å². The molecular weight excluding hydrogens is 286 g/mol. The summed E-state index contributed by atoms with van der Waals surface area (Å²) in [7, 11) is 3.85. The van der Waals surface area contributed by atoms with E-state index in [1.807, 2.05) is 21.0 Å². The van der Waals surface area contributed by atoms with Crippen molar-refractivity contribution in [1.29, 1.82) is 0 Å². The van der Waals surface area contributed by atoms with Gasteiger partial charge in [-0.3, -0.25) is 9.36 Å². The minimum atomic E-state index is 0.179. The van der Waals surface area contributed by atoms with E-state index in [0.717, 1.165) is 36.3 Å². The van der Waals surface area contributed by atoms with Gasteiger partial charge in [-0.1, -0.05) is 18.5 Å². The number of nitrogens with one attached hydrogen (secondary N) is 1. The minimum Gasteiger partial charge on any atom is -0.311 e. The molecule has 21 heavy (non-hydrogen) atoms. The van der Waals surface area contributed by atoms with Gasteiger partial charge < -0.3 is 5.32 Å². The first-order valence-electron chi connectivity index (χ1n) is 7.43. The molecule has 1 N–H and O–H groups in total. The molecule has 2 aromatic heterocycles. The van der Waals surface area contributed by atoms with Crippen LogP contribution < -0.4 is 5.32 Å². The Morgan fingerprint density at radius 1 is 1.33 bits per heavy atom. The van der Waals surface area contributed by atoms with Crippen molar-refractivity contribution in [3.05, 3.63) is 33.9 Å². The molecule has 1 unspecified atom stereocenters. The maximum atomic E-state index is 6.36. The summed E-state index contributed by atoms with van der Waals surface area (Å²) in [6, 6.07) is 2.36. The summed E-state index contributed by atoms with van der Waals surface area (Å²) in [5, 5.41) is 13.1. The van der Waals surface area contributed by atoms with Gasteiger partial charge in [0.25, 0.3) is 0 Å². The Labute approximate surface area is 131 Å². The summed E-state index contributed by atoms with van der Waals surface area (Å²) in [5.74, 6) is 0. The van der Waals surface area contributed by atoms with Gasteiger partial charge in [0.05, 0.1) is 23.1 Å². The summed E-state index contributed by atoms with van der Waals surface area (Å²) in [5.41, 5.74) is 4.42. The van der Waals surface area contributed by atoms with Crippen LogP contribution in [-0.2, 0) is 26.4 Å². The van der Waals surface area contributed by atoms with E-state index in [0.29, 0.717) is 5.15 Å². The summed E-state index contributed by atoms with van der Waals surface area (Å²) >= 11 is 6.36. The second-order valence-corrected chi connectivity index (χ2v) is 5.61. The first-order valence-corrected chi connectivity index (χ1v) is 7.81. The number of nitrogens with zero attached hydrogens (tertiary/aromatic N) is 4. The molecule has 1 atom stereocenters. The Kier molecular flexibility index (Phi) is 5.06. The second kappa shape index (κ2) is 6.62. The van der Waals surface area contributed by atoms with E-state index in [1.54, 1.807) is 4.68 Å². The highest BCUT2D eigenvalue weighted by Gasteiger charge is 2.21. The van der Waals surface area contributed by atoms with Crippen LogP contribution in [0.3, 0.4) is 0 Å². The number of hydrogen-bond donors (Lipinski definition) is 1. The predicted octanol–water partition coefficient (Wildman–Crippen LogP) is 2.66. The molecule has 2 aromatic rings. The topological polar surface area (TPSA) is 47.7 Å². The monoisotopic (exact) mass is 309 g/mol. The fourth-order valence-electron chi connectivity index (χ4n) is 2.66. The van der Waals surface area contributed by atoms with E-state index in [1.165, 1.54) is 5.69 Å². The first-order chi connectivity index (χ1) is 10.0. The third kappa shape index (κ3) is 3.14. The molecule has 0 spiro atoms. The number of hydrogen-bond acceptors (Lipinski definition) is 3. The fraction of sp³-hybridized carbons (Fsp3) is 0.600. The quantitative estimate of drug-likeness (QED) is 0.892. The smallest absolute Gasteiger partial charge is 0.130 e. The van der Waals surface area contributed by atoms with Gasteiger partial charge in [-0.25, -0.2) is 0 Å². The Morgan fingerprint density at radius 3 is 2.52 bits per heavy atom. The van der Waals surface area contributed by atoms with Crippen molar-refractivity contribution >= 4 is 11.6 Å². The molecule has 0 aromatic carbocycles. The van der Waals surface area contributed by atoms with Gasteiger partial charge in [0.2, 0.25) is 0 Å². The van der Waals surface area contributed by atoms with Crippen LogP contribution in [-0.4, -0.2) is 26.6 Å². The summed E-state index contributed by atoms with van der Waals surface area (Å²) in [6.45, 7) is 7.11. The first kappa shape index (κ1) is 16.0. The third-order valence-corrected chi connectivity index (χ3v) is 4.38. The van der Waals surface area contributed by atoms with Gasteiger partial charge in [0.15, 0.2) is 0 Å². The van der Waals surface area contributed by atoms with Crippen LogP contribution >= 0.6 is 11.6 Å². The Morgan fingerprint density at radius 2 is 2.05 bits per heavy atom. The summed E-state index contributed by atoms with van der Waals surface area (Å²) in [4.78, 5) is 0. The molecule has 5 nitrogen and oxygen atoms in total. The van der Waals surface area contributed by atoms with Crippen molar-refractivity contribution in [2.24, 2.45) is 7.05 Å². The number of aromatic nitrogens is 4. The van der Waals surface area contributed by atoms with Crippen LogP contribution in [0.4, 0.5) is 0 Å². The lowest BCUT2D eigenvalue weighted by Crippen LogP contribution is -2.22. The van der Waals surface area contributed by atoms with Crippen molar-refractivity contribution in [2.75, 3.05) is 7.05 Å². The number of likely N-dealkylation sites (N-methyl/N-ethyl adjacent to an activating group) is 1. The SMILES string of the molecule is CCc1cc(C(Cc2c(C)nn(C)c2Cl)NC)n(CC)n1. The van der Waals surface area contributed by atoms with Gasteiger partial charge in [-0.05, 0) is 39.8 Å². The minimum absolute atomic E-state index is 0.179. The third-order valence-electron chi connectivity index (χ3n) is 3.91. The van der Waals surface area contributed by atoms with Crippen LogP contribution in [0, 0.1) is 6.92 Å². The summed E-state index contributed by atoms with van der Waals surface area (Å²) < 4.78 is 3.80. The highest BCUT2D eigenvalue weighted by molar-refractivity contribution is 6.30. The van der Waals surface area contributed by atoms with Crippen LogP contribution in [0.1, 0.15) is 42.5 Å². The highest BCUT2D eigenvalue weighted by atomic mass is 35.5. The van der Waals surface area contributed by atoms with E-state index >= 15 is 0 Å². The van der Waals surface area contributed by atoms with Crippen molar-refractivity contribution in [3.63, 3.8) is 0 Å². The molecule has 0 aliphatic rings. The maximum absolute atomic E-state index is 6.36. The molecule has 0 saturated carbocycles. The zero-order chi connectivity index (χ0) is 15.6. The molecule has 0 amide bonds. The molecule has 116 valence electrons. The van der Waals surface area contributed by atoms with E-state index in [9.17, 15) is 0 Å². The molecule has 2 heterocycles. The average Bonchev–Trinajstić information content (AvgIpc) is 2.99. The standard InChI is InChI=1S/C15H24ClN5/c1-6-11-8-14(21(7-2)19-11)13(17-4)9-12-10(3)18-20(5)15(12)16/h8,13,17H,6-7,9H2,1-5H3. The van der Waals surface area contributed by atoms with Gasteiger partial charge >= 0.3 is 0 Å². The van der Waals surface area contributed by atoms with Crippen LogP contribution in [0.5, 0.6) is 0 Å². The zero-order valence-electron chi connectivity index (χ0n) is 13.4. The largest absolute Gasteiger partial charge is 0.311 e. The lowest BCUT2D eigenvalue weighted by Gasteiger charge is -2.17. The molecule has 0 aliphatic carbocycles. The molecular formula is C15H24ClN5. The Hall–Kier alpha value is -1.33. The second-order valence-electron chi connectivity index (χ2n) is 5.25. The number of halogens is 1. The van der Waals surface area contributed by atoms with Crippen molar-refractivity contribution in [3.8, 4) is 0 Å². The lowest BCUT2D eigenvalue weighted by atomic mass is 10.0. The summed E-state index contributed by atoms with van der Waals surface area (Å²) in [6.07, 6.45) is 1.76. The van der Waals surface area contributed by atoms with E-state index in [2.05, 4.69) is 40.1 Å². The molecule has 0 saturated heterocycles. The maximum Gasteiger partial charge on any atom is 0.130 e. The van der Waals surface area contributed by atoms with Crippen LogP contribution in [0.15, 0.2) is 6.07 Å². The molecule has 0 radical (unpaired) electrons. The van der Waals surface area contributed by atoms with Crippen molar-refractivity contribution in [1.82, 2.24) is 24.9 Å². The lowest BCUT2D eigenvalue weighted by molar-refractivity contribution is 0.511. The molecule has 0 fully saturated rings. The van der Waals surface area contributed by atoms with Gasteiger partial charge in [-0.15, -0.1) is 0 Å². The van der Waals surface area contributed by atoms with E-state index < -0.39 is 0 Å². The van der Waals surface area contributed by atoms with Crippen molar-refractivity contribution in [2.45, 2.75) is 46.2 Å². The zero-order valence-corrected chi connectivity index (χ0v) is 14.2. The highest BCUT2D eigenvalue weighted by Crippen LogP contribution is 2.26.